The second-order valence-electron chi connectivity index (χ2n) is 4.75. The predicted octanol–water partition coefficient (Wildman–Crippen LogP) is 4.72. The van der Waals surface area contributed by atoms with Gasteiger partial charge in [-0.3, -0.25) is 9.59 Å². The van der Waals surface area contributed by atoms with Crippen LogP contribution in [0.3, 0.4) is 0 Å². The number of carbonyl (C=O) groups is 2. The monoisotopic (exact) mass is 348 g/mol. The molecule has 0 aliphatic rings. The van der Waals surface area contributed by atoms with Crippen molar-refractivity contribution in [3.05, 3.63) is 33.3 Å². The molecule has 1 N–H and O–H groups in total. The number of Topliss-reactive ketones (excluding diaryl/α,β-unsaturated/α-hetero) is 1. The number of aliphatic carboxylic acids is 1. The number of carbonyl (C=O) groups excluding carboxylic acids is 1. The molecule has 0 amide bonds. The van der Waals surface area contributed by atoms with Gasteiger partial charge in [-0.2, -0.15) is 11.8 Å². The van der Waals surface area contributed by atoms with Crippen LogP contribution in [0.2, 0.25) is 10.0 Å². The number of aryl methyl sites for hydroxylation is 1. The van der Waals surface area contributed by atoms with E-state index in [0.29, 0.717) is 33.5 Å². The number of halogens is 2. The quantitative estimate of drug-likeness (QED) is 0.545. The first-order valence-corrected chi connectivity index (χ1v) is 8.57. The van der Waals surface area contributed by atoms with Crippen LogP contribution in [0.4, 0.5) is 0 Å². The van der Waals surface area contributed by atoms with Crippen molar-refractivity contribution in [1.29, 1.82) is 0 Å². The molecule has 0 spiro atoms. The van der Waals surface area contributed by atoms with Gasteiger partial charge in [0.25, 0.3) is 0 Å². The van der Waals surface area contributed by atoms with Crippen molar-refractivity contribution < 1.29 is 14.7 Å². The first-order chi connectivity index (χ1) is 9.88. The molecule has 1 unspecified atom stereocenters. The Morgan fingerprint density at radius 2 is 1.95 bits per heavy atom. The Kier molecular flexibility index (Phi) is 7.57. The largest absolute Gasteiger partial charge is 0.481 e. The van der Waals surface area contributed by atoms with Crippen LogP contribution in [0.5, 0.6) is 0 Å². The number of ketones is 1. The summed E-state index contributed by atoms with van der Waals surface area (Å²) in [4.78, 5) is 23.0. The summed E-state index contributed by atoms with van der Waals surface area (Å²) in [6.45, 7) is 3.77. The van der Waals surface area contributed by atoms with Crippen molar-refractivity contribution in [2.45, 2.75) is 26.7 Å². The van der Waals surface area contributed by atoms with E-state index in [1.54, 1.807) is 12.1 Å². The Labute approximate surface area is 139 Å². The highest BCUT2D eigenvalue weighted by Gasteiger charge is 2.22. The summed E-state index contributed by atoms with van der Waals surface area (Å²) in [6, 6.07) is 3.49. The molecule has 1 aromatic carbocycles. The third kappa shape index (κ3) is 5.20. The van der Waals surface area contributed by atoms with E-state index in [4.69, 9.17) is 28.3 Å². The molecule has 21 heavy (non-hydrogen) atoms. The molecule has 0 bridgehead atoms. The van der Waals surface area contributed by atoms with E-state index in [9.17, 15) is 9.59 Å². The molecule has 1 atom stereocenters. The molecule has 0 saturated heterocycles. The lowest BCUT2D eigenvalue weighted by Gasteiger charge is -2.15. The third-order valence-electron chi connectivity index (χ3n) is 3.18. The van der Waals surface area contributed by atoms with Crippen LogP contribution in [0.25, 0.3) is 0 Å². The first-order valence-electron chi connectivity index (χ1n) is 6.66. The van der Waals surface area contributed by atoms with E-state index in [0.717, 1.165) is 5.56 Å². The molecule has 0 heterocycles. The van der Waals surface area contributed by atoms with Gasteiger partial charge in [0.1, 0.15) is 0 Å². The summed E-state index contributed by atoms with van der Waals surface area (Å²) in [7, 11) is 0. The maximum Gasteiger partial charge on any atom is 0.304 e. The Morgan fingerprint density at radius 3 is 2.52 bits per heavy atom. The highest BCUT2D eigenvalue weighted by molar-refractivity contribution is 7.99. The molecular formula is C15H18Cl2O3S. The Bertz CT molecular complexity index is 532. The fraction of sp³-hybridized carbons (Fsp3) is 0.467. The fourth-order valence-electron chi connectivity index (χ4n) is 1.82. The zero-order valence-electron chi connectivity index (χ0n) is 12.0. The van der Waals surface area contributed by atoms with Gasteiger partial charge in [0.2, 0.25) is 0 Å². The van der Waals surface area contributed by atoms with E-state index in [2.05, 4.69) is 0 Å². The average molecular weight is 349 g/mol. The van der Waals surface area contributed by atoms with Crippen LogP contribution in [0.15, 0.2) is 12.1 Å². The van der Waals surface area contributed by atoms with Crippen LogP contribution in [0.1, 0.15) is 35.7 Å². The highest BCUT2D eigenvalue weighted by Crippen LogP contribution is 2.31. The van der Waals surface area contributed by atoms with E-state index < -0.39 is 5.97 Å². The number of carboxylic acids is 1. The van der Waals surface area contributed by atoms with Crippen molar-refractivity contribution in [1.82, 2.24) is 0 Å². The maximum absolute atomic E-state index is 12.5. The lowest BCUT2D eigenvalue weighted by atomic mass is 9.96. The van der Waals surface area contributed by atoms with Crippen molar-refractivity contribution in [2.75, 3.05) is 11.5 Å². The van der Waals surface area contributed by atoms with E-state index in [1.165, 1.54) is 11.8 Å². The van der Waals surface area contributed by atoms with Gasteiger partial charge >= 0.3 is 5.97 Å². The minimum absolute atomic E-state index is 0.0350. The second-order valence-corrected chi connectivity index (χ2v) is 6.65. The number of thioether (sulfide) groups is 1. The van der Waals surface area contributed by atoms with Crippen LogP contribution < -0.4 is 0 Å². The van der Waals surface area contributed by atoms with Crippen molar-refractivity contribution >= 4 is 46.7 Å². The van der Waals surface area contributed by atoms with Crippen molar-refractivity contribution in [3.63, 3.8) is 0 Å². The molecule has 0 fully saturated rings. The number of hydrogen-bond acceptors (Lipinski definition) is 3. The minimum atomic E-state index is -0.824. The van der Waals surface area contributed by atoms with Gasteiger partial charge in [-0.15, -0.1) is 0 Å². The smallest absolute Gasteiger partial charge is 0.304 e. The molecule has 0 saturated carbocycles. The second kappa shape index (κ2) is 8.66. The molecule has 0 aliphatic carbocycles. The molecular weight excluding hydrogens is 331 g/mol. The molecule has 116 valence electrons. The molecule has 0 radical (unpaired) electrons. The zero-order chi connectivity index (χ0) is 16.0. The molecule has 1 aromatic rings. The SMILES string of the molecule is CCC(CSCCC(=O)O)C(=O)c1ccc(C)c(Cl)c1Cl. The minimum Gasteiger partial charge on any atom is -0.481 e. The molecule has 0 aliphatic heterocycles. The summed E-state index contributed by atoms with van der Waals surface area (Å²) in [5.74, 6) is 0.0499. The lowest BCUT2D eigenvalue weighted by molar-refractivity contribution is -0.136. The van der Waals surface area contributed by atoms with Gasteiger partial charge in [-0.1, -0.05) is 36.2 Å². The maximum atomic E-state index is 12.5. The first kappa shape index (κ1) is 18.3. The third-order valence-corrected chi connectivity index (χ3v) is 5.29. The predicted molar refractivity (Wildman–Crippen MR) is 88.9 cm³/mol. The standard InChI is InChI=1S/C15H18Cl2O3S/c1-3-10(8-21-7-6-12(18)19)15(20)11-5-4-9(2)13(16)14(11)17/h4-5,10H,3,6-8H2,1-2H3,(H,18,19). The van der Waals surface area contributed by atoms with Crippen LogP contribution in [-0.4, -0.2) is 28.4 Å². The molecule has 6 heteroatoms. The van der Waals surface area contributed by atoms with Crippen LogP contribution in [0, 0.1) is 12.8 Å². The summed E-state index contributed by atoms with van der Waals surface area (Å²) >= 11 is 13.7. The Balaban J connectivity index is 2.75. The summed E-state index contributed by atoms with van der Waals surface area (Å²) in [6.07, 6.45) is 0.785. The van der Waals surface area contributed by atoms with Gasteiger partial charge in [-0.05, 0) is 25.0 Å². The van der Waals surface area contributed by atoms with E-state index in [1.807, 2.05) is 13.8 Å². The fourth-order valence-corrected chi connectivity index (χ4v) is 3.45. The number of carboxylic acid groups (broad SMARTS) is 1. The zero-order valence-corrected chi connectivity index (χ0v) is 14.3. The number of rotatable bonds is 8. The average Bonchev–Trinajstić information content (AvgIpc) is 2.44. The lowest BCUT2D eigenvalue weighted by Crippen LogP contribution is -2.17. The van der Waals surface area contributed by atoms with E-state index in [-0.39, 0.29) is 18.1 Å². The van der Waals surface area contributed by atoms with Gasteiger partial charge in [0, 0.05) is 23.0 Å². The summed E-state index contributed by atoms with van der Waals surface area (Å²) < 4.78 is 0. The Morgan fingerprint density at radius 1 is 1.29 bits per heavy atom. The van der Waals surface area contributed by atoms with Crippen LogP contribution >= 0.6 is 35.0 Å². The number of hydrogen-bond donors (Lipinski definition) is 1. The Hall–Kier alpha value is -0.710. The summed E-state index contributed by atoms with van der Waals surface area (Å²) in [5.41, 5.74) is 1.28. The number of benzene rings is 1. The topological polar surface area (TPSA) is 54.4 Å². The molecule has 3 nitrogen and oxygen atoms in total. The van der Waals surface area contributed by atoms with Gasteiger partial charge in [-0.25, -0.2) is 0 Å². The van der Waals surface area contributed by atoms with Crippen molar-refractivity contribution in [3.8, 4) is 0 Å². The molecule has 1 rings (SSSR count). The van der Waals surface area contributed by atoms with E-state index >= 15 is 0 Å². The van der Waals surface area contributed by atoms with Crippen LogP contribution in [-0.2, 0) is 4.79 Å². The van der Waals surface area contributed by atoms with Crippen molar-refractivity contribution in [2.24, 2.45) is 5.92 Å². The highest BCUT2D eigenvalue weighted by atomic mass is 35.5. The van der Waals surface area contributed by atoms with Gasteiger partial charge in [0.05, 0.1) is 16.5 Å². The van der Waals surface area contributed by atoms with Gasteiger partial charge < -0.3 is 5.11 Å². The van der Waals surface area contributed by atoms with Gasteiger partial charge in [0.15, 0.2) is 5.78 Å². The molecule has 0 aromatic heterocycles. The summed E-state index contributed by atoms with van der Waals surface area (Å²) in [5, 5.41) is 9.32. The normalized spacial score (nSPS) is 12.2.